The van der Waals surface area contributed by atoms with Crippen molar-refractivity contribution in [3.8, 4) is 0 Å². The Morgan fingerprint density at radius 1 is 1.05 bits per heavy atom. The second-order valence-electron chi connectivity index (χ2n) is 4.96. The van der Waals surface area contributed by atoms with Crippen molar-refractivity contribution in [1.29, 1.82) is 0 Å². The molecule has 112 valence electrons. The second kappa shape index (κ2) is 7.47. The van der Waals surface area contributed by atoms with E-state index in [1.54, 1.807) is 0 Å². The van der Waals surface area contributed by atoms with Crippen LogP contribution in [0.25, 0.3) is 0 Å². The van der Waals surface area contributed by atoms with E-state index in [4.69, 9.17) is 5.73 Å². The van der Waals surface area contributed by atoms with Crippen LogP contribution in [-0.4, -0.2) is 6.54 Å². The Labute approximate surface area is 139 Å². The molecule has 21 heavy (non-hydrogen) atoms. The quantitative estimate of drug-likeness (QED) is 0.690. The van der Waals surface area contributed by atoms with Crippen molar-refractivity contribution in [2.24, 2.45) is 11.7 Å². The van der Waals surface area contributed by atoms with Crippen molar-refractivity contribution >= 4 is 31.9 Å². The molecule has 0 spiro atoms. The second-order valence-corrected chi connectivity index (χ2v) is 6.73. The molecule has 1 nitrogen and oxygen atoms in total. The highest BCUT2D eigenvalue weighted by molar-refractivity contribution is 9.10. The van der Waals surface area contributed by atoms with Crippen molar-refractivity contribution in [1.82, 2.24) is 0 Å². The summed E-state index contributed by atoms with van der Waals surface area (Å²) in [5.41, 5.74) is 6.96. The standard InChI is InChI=1S/C16H15Br2F2N/c17-12-3-1-2-10(7-12)6-11(9-21)8-13-15(19)5-4-14(18)16(13)20/h1-5,7,11H,6,8-9,21H2. The fourth-order valence-corrected chi connectivity index (χ4v) is 3.10. The molecule has 2 N–H and O–H groups in total. The normalized spacial score (nSPS) is 12.4. The van der Waals surface area contributed by atoms with Gasteiger partial charge in [-0.15, -0.1) is 0 Å². The molecule has 1 atom stereocenters. The van der Waals surface area contributed by atoms with Gasteiger partial charge in [-0.2, -0.15) is 0 Å². The van der Waals surface area contributed by atoms with E-state index >= 15 is 0 Å². The van der Waals surface area contributed by atoms with E-state index in [2.05, 4.69) is 31.9 Å². The number of nitrogens with two attached hydrogens (primary N) is 1. The zero-order chi connectivity index (χ0) is 15.4. The summed E-state index contributed by atoms with van der Waals surface area (Å²) in [5, 5.41) is 0. The number of halogens is 4. The summed E-state index contributed by atoms with van der Waals surface area (Å²) in [6.45, 7) is 0.373. The van der Waals surface area contributed by atoms with Gasteiger partial charge in [-0.3, -0.25) is 0 Å². The average molecular weight is 419 g/mol. The number of hydrogen-bond donors (Lipinski definition) is 1. The van der Waals surface area contributed by atoms with Crippen LogP contribution in [-0.2, 0) is 12.8 Å². The molecule has 0 heterocycles. The van der Waals surface area contributed by atoms with E-state index in [1.807, 2.05) is 24.3 Å². The summed E-state index contributed by atoms with van der Waals surface area (Å²) in [6, 6.07) is 10.5. The van der Waals surface area contributed by atoms with Gasteiger partial charge in [0.2, 0.25) is 0 Å². The first-order chi connectivity index (χ1) is 10.0. The third-order valence-corrected chi connectivity index (χ3v) is 4.48. The van der Waals surface area contributed by atoms with E-state index < -0.39 is 11.6 Å². The molecule has 0 amide bonds. The van der Waals surface area contributed by atoms with Crippen LogP contribution < -0.4 is 5.73 Å². The summed E-state index contributed by atoms with van der Waals surface area (Å²) in [6.07, 6.45) is 0.960. The monoisotopic (exact) mass is 417 g/mol. The minimum absolute atomic E-state index is 0.0161. The smallest absolute Gasteiger partial charge is 0.143 e. The van der Waals surface area contributed by atoms with Gasteiger partial charge >= 0.3 is 0 Å². The SMILES string of the molecule is NCC(Cc1cccc(Br)c1)Cc1c(F)ccc(Br)c1F. The number of hydrogen-bond acceptors (Lipinski definition) is 1. The van der Waals surface area contributed by atoms with Gasteiger partial charge in [0.25, 0.3) is 0 Å². The number of rotatable bonds is 5. The first-order valence-electron chi connectivity index (χ1n) is 6.58. The maximum Gasteiger partial charge on any atom is 0.143 e. The lowest BCUT2D eigenvalue weighted by Gasteiger charge is -2.16. The minimum atomic E-state index is -0.539. The summed E-state index contributed by atoms with van der Waals surface area (Å²) >= 11 is 6.51. The maximum absolute atomic E-state index is 14.0. The van der Waals surface area contributed by atoms with Crippen LogP contribution in [0.5, 0.6) is 0 Å². The Bertz CT molecular complexity index is 632. The first-order valence-corrected chi connectivity index (χ1v) is 8.16. The minimum Gasteiger partial charge on any atom is -0.330 e. The van der Waals surface area contributed by atoms with Crippen LogP contribution in [0.1, 0.15) is 11.1 Å². The van der Waals surface area contributed by atoms with Crippen molar-refractivity contribution in [2.45, 2.75) is 12.8 Å². The molecule has 0 aliphatic carbocycles. The van der Waals surface area contributed by atoms with E-state index in [1.165, 1.54) is 12.1 Å². The van der Waals surface area contributed by atoms with Crippen LogP contribution in [0.3, 0.4) is 0 Å². The molecule has 0 saturated carbocycles. The van der Waals surface area contributed by atoms with E-state index in [9.17, 15) is 8.78 Å². The van der Waals surface area contributed by atoms with Crippen molar-refractivity contribution in [3.05, 3.63) is 68.1 Å². The van der Waals surface area contributed by atoms with Gasteiger partial charge in [0.05, 0.1) is 4.47 Å². The van der Waals surface area contributed by atoms with Gasteiger partial charge in [0.1, 0.15) is 11.6 Å². The molecule has 5 heteroatoms. The Balaban J connectivity index is 2.18. The van der Waals surface area contributed by atoms with Crippen molar-refractivity contribution < 1.29 is 8.78 Å². The third-order valence-electron chi connectivity index (χ3n) is 3.38. The van der Waals surface area contributed by atoms with Gasteiger partial charge in [-0.05, 0) is 71.1 Å². The fourth-order valence-electron chi connectivity index (χ4n) is 2.28. The highest BCUT2D eigenvalue weighted by atomic mass is 79.9. The molecule has 0 saturated heterocycles. The summed E-state index contributed by atoms with van der Waals surface area (Å²) in [4.78, 5) is 0. The van der Waals surface area contributed by atoms with E-state index in [0.29, 0.717) is 13.0 Å². The third kappa shape index (κ3) is 4.34. The van der Waals surface area contributed by atoms with Gasteiger partial charge < -0.3 is 5.73 Å². The lowest BCUT2D eigenvalue weighted by atomic mass is 9.92. The molecule has 0 radical (unpaired) electrons. The predicted octanol–water partition coefficient (Wildman–Crippen LogP) is 4.85. The highest BCUT2D eigenvalue weighted by Crippen LogP contribution is 2.25. The molecule has 0 fully saturated rings. The first kappa shape index (κ1) is 16.6. The van der Waals surface area contributed by atoms with Crippen LogP contribution in [0.2, 0.25) is 0 Å². The molecule has 2 aromatic carbocycles. The van der Waals surface area contributed by atoms with E-state index in [-0.39, 0.29) is 22.4 Å². The predicted molar refractivity (Wildman–Crippen MR) is 88.2 cm³/mol. The van der Waals surface area contributed by atoms with Gasteiger partial charge in [0.15, 0.2) is 0 Å². The molecule has 2 rings (SSSR count). The molecule has 0 aliphatic rings. The summed E-state index contributed by atoms with van der Waals surface area (Å²) in [5.74, 6) is -1.08. The lowest BCUT2D eigenvalue weighted by molar-refractivity contribution is 0.483. The Kier molecular flexibility index (Phi) is 5.90. The Morgan fingerprint density at radius 2 is 1.81 bits per heavy atom. The van der Waals surface area contributed by atoms with Gasteiger partial charge in [-0.1, -0.05) is 28.1 Å². The zero-order valence-electron chi connectivity index (χ0n) is 11.3. The van der Waals surface area contributed by atoms with Gasteiger partial charge in [-0.25, -0.2) is 8.78 Å². The summed E-state index contributed by atoms with van der Waals surface area (Å²) in [7, 11) is 0. The topological polar surface area (TPSA) is 26.0 Å². The Morgan fingerprint density at radius 3 is 2.48 bits per heavy atom. The zero-order valence-corrected chi connectivity index (χ0v) is 14.4. The largest absolute Gasteiger partial charge is 0.330 e. The van der Waals surface area contributed by atoms with Crippen molar-refractivity contribution in [3.63, 3.8) is 0 Å². The van der Waals surface area contributed by atoms with Crippen LogP contribution in [0.4, 0.5) is 8.78 Å². The molecule has 0 aromatic heterocycles. The average Bonchev–Trinajstić information content (AvgIpc) is 2.46. The molecule has 0 aliphatic heterocycles. The fraction of sp³-hybridized carbons (Fsp3) is 0.250. The Hall–Kier alpha value is -0.780. The number of benzene rings is 2. The summed E-state index contributed by atoms with van der Waals surface area (Å²) < 4.78 is 29.1. The van der Waals surface area contributed by atoms with Crippen LogP contribution >= 0.6 is 31.9 Å². The van der Waals surface area contributed by atoms with Gasteiger partial charge in [0, 0.05) is 10.0 Å². The van der Waals surface area contributed by atoms with E-state index in [0.717, 1.165) is 10.0 Å². The maximum atomic E-state index is 14.0. The lowest BCUT2D eigenvalue weighted by Crippen LogP contribution is -2.20. The molecule has 0 bridgehead atoms. The molecular formula is C16H15Br2F2N. The highest BCUT2D eigenvalue weighted by Gasteiger charge is 2.17. The molecule has 1 unspecified atom stereocenters. The van der Waals surface area contributed by atoms with Crippen molar-refractivity contribution in [2.75, 3.05) is 6.54 Å². The molecular weight excluding hydrogens is 404 g/mol. The van der Waals surface area contributed by atoms with Crippen LogP contribution in [0, 0.1) is 17.6 Å². The molecule has 2 aromatic rings. The van der Waals surface area contributed by atoms with Crippen LogP contribution in [0.15, 0.2) is 45.3 Å².